The summed E-state index contributed by atoms with van der Waals surface area (Å²) in [5, 5.41) is 104. The predicted molar refractivity (Wildman–Crippen MR) is 152 cm³/mol. The SMILES string of the molecule is COc1ccc(C2CC(O)c3c(c(C)c(OC4OC(CO)C(O)C(O)C4O)c(CO)c3OC3OC(CO)C(O)C(O)C3O)O2)cc1. The van der Waals surface area contributed by atoms with Crippen LogP contribution in [0.15, 0.2) is 24.3 Å². The minimum Gasteiger partial charge on any atom is -0.497 e. The summed E-state index contributed by atoms with van der Waals surface area (Å²) in [5.41, 5.74) is 0.721. The summed E-state index contributed by atoms with van der Waals surface area (Å²) < 4.78 is 34.6. The molecular formula is C30H40O16. The van der Waals surface area contributed by atoms with Crippen LogP contribution >= 0.6 is 0 Å². The number of methoxy groups -OCH3 is 1. The van der Waals surface area contributed by atoms with Gasteiger partial charge in [-0.3, -0.25) is 0 Å². The Labute approximate surface area is 263 Å². The zero-order chi connectivity index (χ0) is 33.4. The molecule has 0 amide bonds. The lowest BCUT2D eigenvalue weighted by atomic mass is 9.90. The average molecular weight is 657 g/mol. The van der Waals surface area contributed by atoms with E-state index < -0.39 is 93.4 Å². The van der Waals surface area contributed by atoms with Gasteiger partial charge in [0.1, 0.15) is 77.9 Å². The normalized spacial score (nSPS) is 36.0. The molecule has 0 bridgehead atoms. The molecule has 0 aliphatic carbocycles. The maximum Gasteiger partial charge on any atom is 0.229 e. The molecule has 5 rings (SSSR count). The highest BCUT2D eigenvalue weighted by molar-refractivity contribution is 5.64. The molecule has 12 atom stereocenters. The van der Waals surface area contributed by atoms with Gasteiger partial charge in [-0.2, -0.15) is 0 Å². The van der Waals surface area contributed by atoms with E-state index in [1.807, 2.05) is 0 Å². The van der Waals surface area contributed by atoms with Gasteiger partial charge in [-0.1, -0.05) is 12.1 Å². The fourth-order valence-corrected chi connectivity index (χ4v) is 5.89. The van der Waals surface area contributed by atoms with Gasteiger partial charge in [-0.05, 0) is 24.6 Å². The molecule has 3 aliphatic rings. The third-order valence-corrected chi connectivity index (χ3v) is 8.56. The average Bonchev–Trinajstić information content (AvgIpc) is 3.06. The molecule has 256 valence electrons. The van der Waals surface area contributed by atoms with Crippen LogP contribution in [-0.4, -0.2) is 133 Å². The summed E-state index contributed by atoms with van der Waals surface area (Å²) in [6.07, 6.45) is -18.7. The Kier molecular flexibility index (Phi) is 10.6. The highest BCUT2D eigenvalue weighted by atomic mass is 16.7. The summed E-state index contributed by atoms with van der Waals surface area (Å²) in [5.74, 6) is 0.117. The van der Waals surface area contributed by atoms with Crippen LogP contribution in [0, 0.1) is 6.92 Å². The van der Waals surface area contributed by atoms with Gasteiger partial charge < -0.3 is 79.5 Å². The molecule has 46 heavy (non-hydrogen) atoms. The van der Waals surface area contributed by atoms with Crippen LogP contribution in [-0.2, 0) is 16.1 Å². The highest BCUT2D eigenvalue weighted by Crippen LogP contribution is 2.53. The number of ether oxygens (including phenoxy) is 6. The molecule has 0 spiro atoms. The molecule has 0 radical (unpaired) electrons. The van der Waals surface area contributed by atoms with E-state index in [9.17, 15) is 51.1 Å². The summed E-state index contributed by atoms with van der Waals surface area (Å²) in [7, 11) is 1.52. The first-order valence-corrected chi connectivity index (χ1v) is 14.7. The van der Waals surface area contributed by atoms with E-state index in [0.29, 0.717) is 11.3 Å². The van der Waals surface area contributed by atoms with E-state index in [4.69, 9.17) is 28.4 Å². The molecule has 0 saturated carbocycles. The number of benzene rings is 2. The van der Waals surface area contributed by atoms with Gasteiger partial charge in [0.15, 0.2) is 0 Å². The third kappa shape index (κ3) is 6.24. The van der Waals surface area contributed by atoms with Crippen LogP contribution < -0.4 is 18.9 Å². The Bertz CT molecular complexity index is 1340. The first-order chi connectivity index (χ1) is 21.9. The zero-order valence-corrected chi connectivity index (χ0v) is 25.0. The predicted octanol–water partition coefficient (Wildman–Crippen LogP) is -2.59. The van der Waals surface area contributed by atoms with E-state index in [1.54, 1.807) is 24.3 Å². The molecule has 2 saturated heterocycles. The van der Waals surface area contributed by atoms with Gasteiger partial charge in [0, 0.05) is 12.0 Å². The number of aliphatic hydroxyl groups is 10. The monoisotopic (exact) mass is 656 g/mol. The quantitative estimate of drug-likeness (QED) is 0.133. The lowest BCUT2D eigenvalue weighted by Gasteiger charge is -2.42. The third-order valence-electron chi connectivity index (χ3n) is 8.56. The Morgan fingerprint density at radius 3 is 1.72 bits per heavy atom. The van der Waals surface area contributed by atoms with Crippen LogP contribution in [0.5, 0.6) is 23.0 Å². The zero-order valence-electron chi connectivity index (χ0n) is 25.0. The number of hydrogen-bond acceptors (Lipinski definition) is 16. The van der Waals surface area contributed by atoms with Crippen molar-refractivity contribution >= 4 is 0 Å². The lowest BCUT2D eigenvalue weighted by Crippen LogP contribution is -2.60. The Balaban J connectivity index is 1.61. The van der Waals surface area contributed by atoms with Gasteiger partial charge in [-0.15, -0.1) is 0 Å². The van der Waals surface area contributed by atoms with Crippen molar-refractivity contribution in [1.82, 2.24) is 0 Å². The molecular weight excluding hydrogens is 616 g/mol. The largest absolute Gasteiger partial charge is 0.497 e. The van der Waals surface area contributed by atoms with Crippen molar-refractivity contribution in [2.75, 3.05) is 20.3 Å². The molecule has 3 aliphatic heterocycles. The first kappa shape index (κ1) is 34.5. The van der Waals surface area contributed by atoms with Gasteiger partial charge in [0.05, 0.1) is 44.2 Å². The smallest absolute Gasteiger partial charge is 0.229 e. The molecule has 0 aromatic heterocycles. The number of rotatable bonds is 9. The number of aliphatic hydroxyl groups excluding tert-OH is 10. The molecule has 10 N–H and O–H groups in total. The molecule has 16 heteroatoms. The fourth-order valence-electron chi connectivity index (χ4n) is 5.89. The number of hydrogen-bond donors (Lipinski definition) is 10. The van der Waals surface area contributed by atoms with E-state index in [0.717, 1.165) is 0 Å². The van der Waals surface area contributed by atoms with Gasteiger partial charge >= 0.3 is 0 Å². The summed E-state index contributed by atoms with van der Waals surface area (Å²) in [4.78, 5) is 0. The molecule has 2 aromatic rings. The molecule has 2 aromatic carbocycles. The molecule has 12 unspecified atom stereocenters. The van der Waals surface area contributed by atoms with Crippen LogP contribution in [0.4, 0.5) is 0 Å². The Morgan fingerprint density at radius 2 is 1.24 bits per heavy atom. The van der Waals surface area contributed by atoms with E-state index >= 15 is 0 Å². The van der Waals surface area contributed by atoms with Crippen molar-refractivity contribution in [1.29, 1.82) is 0 Å². The molecule has 2 fully saturated rings. The van der Waals surface area contributed by atoms with Crippen molar-refractivity contribution < 1.29 is 79.5 Å². The first-order valence-electron chi connectivity index (χ1n) is 14.7. The maximum atomic E-state index is 11.5. The standard InChI is InChI=1S/C30H40O16/c1-11-26(45-29-24(39)22(37)20(35)17(9-32)43-29)14(8-31)28(46-30-25(40)23(38)21(36)18(10-33)44-30)19-15(34)7-16(42-27(11)19)12-3-5-13(41-2)6-4-12/h3-6,15-18,20-25,29-40H,7-10H2,1-2H3. The summed E-state index contributed by atoms with van der Waals surface area (Å²) in [6, 6.07) is 6.91. The second-order valence-corrected chi connectivity index (χ2v) is 11.4. The summed E-state index contributed by atoms with van der Waals surface area (Å²) >= 11 is 0. The second kappa shape index (κ2) is 14.1. The van der Waals surface area contributed by atoms with Gasteiger partial charge in [0.2, 0.25) is 12.6 Å². The van der Waals surface area contributed by atoms with Crippen molar-refractivity contribution in [3.8, 4) is 23.0 Å². The fraction of sp³-hybridized carbons (Fsp3) is 0.600. The van der Waals surface area contributed by atoms with Crippen molar-refractivity contribution in [2.24, 2.45) is 0 Å². The minimum absolute atomic E-state index is 0.00158. The van der Waals surface area contributed by atoms with Crippen molar-refractivity contribution in [3.05, 3.63) is 46.5 Å². The lowest BCUT2D eigenvalue weighted by molar-refractivity contribution is -0.279. The van der Waals surface area contributed by atoms with Crippen LogP contribution in [0.3, 0.4) is 0 Å². The van der Waals surface area contributed by atoms with Crippen LogP contribution in [0.25, 0.3) is 0 Å². The van der Waals surface area contributed by atoms with Gasteiger partial charge in [-0.25, -0.2) is 0 Å². The van der Waals surface area contributed by atoms with Crippen molar-refractivity contribution in [2.45, 2.75) is 93.6 Å². The van der Waals surface area contributed by atoms with Gasteiger partial charge in [0.25, 0.3) is 0 Å². The Hall–Kier alpha value is -2.84. The van der Waals surface area contributed by atoms with Crippen molar-refractivity contribution in [3.63, 3.8) is 0 Å². The topological polar surface area (TPSA) is 258 Å². The maximum absolute atomic E-state index is 11.5. The molecule has 16 nitrogen and oxygen atoms in total. The van der Waals surface area contributed by atoms with E-state index in [2.05, 4.69) is 0 Å². The highest BCUT2D eigenvalue weighted by Gasteiger charge is 2.48. The van der Waals surface area contributed by atoms with E-state index in [1.165, 1.54) is 14.0 Å². The number of fused-ring (bicyclic) bond motifs is 1. The minimum atomic E-state index is -1.86. The van der Waals surface area contributed by atoms with Crippen LogP contribution in [0.2, 0.25) is 0 Å². The Morgan fingerprint density at radius 1 is 0.717 bits per heavy atom. The molecule has 3 heterocycles. The summed E-state index contributed by atoms with van der Waals surface area (Å²) in [6.45, 7) is -0.782. The second-order valence-electron chi connectivity index (χ2n) is 11.4. The van der Waals surface area contributed by atoms with Crippen LogP contribution in [0.1, 0.15) is 40.9 Å². The van der Waals surface area contributed by atoms with E-state index in [-0.39, 0.29) is 40.4 Å².